The van der Waals surface area contributed by atoms with Gasteiger partial charge in [0.25, 0.3) is 0 Å². The Balaban J connectivity index is 1.43. The van der Waals surface area contributed by atoms with Crippen LogP contribution in [-0.4, -0.2) is 36.1 Å². The van der Waals surface area contributed by atoms with Crippen LogP contribution < -0.4 is 4.90 Å². The largest absolute Gasteiger partial charge is 0.416 e. The van der Waals surface area contributed by atoms with Gasteiger partial charge in [0.1, 0.15) is 10.2 Å². The van der Waals surface area contributed by atoms with Crippen molar-refractivity contribution in [2.75, 3.05) is 31.1 Å². The summed E-state index contributed by atoms with van der Waals surface area (Å²) in [6, 6.07) is 8.89. The Morgan fingerprint density at radius 2 is 1.85 bits per heavy atom. The molecule has 1 aliphatic rings. The lowest BCUT2D eigenvalue weighted by Gasteiger charge is -2.36. The maximum Gasteiger partial charge on any atom is 0.416 e. The zero-order valence-corrected chi connectivity index (χ0v) is 15.2. The Labute approximate surface area is 158 Å². The van der Waals surface area contributed by atoms with Crippen molar-refractivity contribution in [2.24, 2.45) is 0 Å². The highest BCUT2D eigenvalue weighted by atomic mass is 32.1. The molecule has 3 aromatic rings. The summed E-state index contributed by atoms with van der Waals surface area (Å²) >= 11 is 1.35. The van der Waals surface area contributed by atoms with Crippen LogP contribution >= 0.6 is 11.3 Å². The molecular weight excluding hydrogens is 375 g/mol. The smallest absolute Gasteiger partial charge is 0.367 e. The molecule has 0 spiro atoms. The molecule has 0 bridgehead atoms. The van der Waals surface area contributed by atoms with Gasteiger partial charge in [-0.1, -0.05) is 18.2 Å². The normalized spacial score (nSPS) is 16.2. The van der Waals surface area contributed by atoms with Crippen molar-refractivity contribution < 1.29 is 18.3 Å². The summed E-state index contributed by atoms with van der Waals surface area (Å²) in [4.78, 5) is 8.66. The van der Waals surface area contributed by atoms with Crippen molar-refractivity contribution in [2.45, 2.75) is 12.7 Å². The lowest BCUT2D eigenvalue weighted by atomic mass is 10.1. The molecule has 1 saturated heterocycles. The fraction of sp³-hybridized carbons (Fsp3) is 0.316. The fourth-order valence-corrected chi connectivity index (χ4v) is 4.14. The molecule has 4 rings (SSSR count). The minimum absolute atomic E-state index is 0.0144. The predicted octanol–water partition coefficient (Wildman–Crippen LogP) is 4.78. The van der Waals surface area contributed by atoms with Crippen LogP contribution in [0.3, 0.4) is 0 Å². The summed E-state index contributed by atoms with van der Waals surface area (Å²) in [5, 5.41) is 11.9. The highest BCUT2D eigenvalue weighted by Gasteiger charge is 2.30. The molecule has 8 heteroatoms. The molecule has 0 atom stereocenters. The molecule has 141 valence electrons. The van der Waals surface area contributed by atoms with Crippen molar-refractivity contribution in [3.8, 4) is 5.75 Å². The molecule has 1 aromatic heterocycles. The van der Waals surface area contributed by atoms with Crippen molar-refractivity contribution in [3.63, 3.8) is 0 Å². The number of benzene rings is 2. The summed E-state index contributed by atoms with van der Waals surface area (Å²) in [5.74, 6) is -0.0144. The van der Waals surface area contributed by atoms with Crippen LogP contribution in [-0.2, 0) is 17.8 Å². The van der Waals surface area contributed by atoms with Gasteiger partial charge in [0, 0.05) is 32.7 Å². The third-order valence-corrected chi connectivity index (χ3v) is 5.64. The molecule has 1 radical (unpaired) electrons. The maximum atomic E-state index is 12.9. The van der Waals surface area contributed by atoms with E-state index in [9.17, 15) is 18.3 Å². The lowest BCUT2D eigenvalue weighted by Crippen LogP contribution is -2.46. The summed E-state index contributed by atoms with van der Waals surface area (Å²) < 4.78 is 39.3. The number of piperazine rings is 1. The number of rotatable bonds is 3. The number of aromatic nitrogens is 1. The number of hydrogen-bond donors (Lipinski definition) is 0. The van der Waals surface area contributed by atoms with E-state index in [1.165, 1.54) is 23.5 Å². The topological polar surface area (TPSA) is 39.3 Å². The van der Waals surface area contributed by atoms with Gasteiger partial charge in [-0.3, -0.25) is 10.0 Å². The Morgan fingerprint density at radius 1 is 1.07 bits per heavy atom. The van der Waals surface area contributed by atoms with Crippen molar-refractivity contribution >= 4 is 27.2 Å². The van der Waals surface area contributed by atoms with Gasteiger partial charge < -0.3 is 4.90 Å². The van der Waals surface area contributed by atoms with Gasteiger partial charge in [-0.05, 0) is 23.8 Å². The third-order valence-electron chi connectivity index (χ3n) is 4.80. The summed E-state index contributed by atoms with van der Waals surface area (Å²) in [5.41, 5.74) is 3.42. The Bertz CT molecular complexity index is 949. The van der Waals surface area contributed by atoms with Crippen LogP contribution in [0.1, 0.15) is 11.1 Å². The van der Waals surface area contributed by atoms with Gasteiger partial charge >= 0.3 is 6.18 Å². The number of alkyl halides is 3. The maximum absolute atomic E-state index is 12.9. The van der Waals surface area contributed by atoms with Crippen LogP contribution in [0.15, 0.2) is 41.9 Å². The second kappa shape index (κ2) is 7.01. The van der Waals surface area contributed by atoms with Gasteiger partial charge in [-0.25, -0.2) is 4.98 Å². The van der Waals surface area contributed by atoms with Crippen LogP contribution in [0.2, 0.25) is 0 Å². The number of thiazole rings is 1. The number of hydrogen-bond acceptors (Lipinski definition) is 4. The first-order valence-corrected chi connectivity index (χ1v) is 9.46. The molecule has 0 saturated carbocycles. The van der Waals surface area contributed by atoms with Gasteiger partial charge in [0.05, 0.1) is 16.8 Å². The van der Waals surface area contributed by atoms with E-state index >= 15 is 0 Å². The van der Waals surface area contributed by atoms with Crippen molar-refractivity contribution in [3.05, 3.63) is 53.0 Å². The predicted molar refractivity (Wildman–Crippen MR) is 98.7 cm³/mol. The first-order valence-electron chi connectivity index (χ1n) is 8.58. The Kier molecular flexibility index (Phi) is 4.69. The molecule has 0 unspecified atom stereocenters. The molecule has 2 aromatic carbocycles. The minimum atomic E-state index is -4.32. The molecule has 0 aliphatic carbocycles. The summed E-state index contributed by atoms with van der Waals surface area (Å²) in [6.07, 6.45) is -4.32. The van der Waals surface area contributed by atoms with E-state index in [2.05, 4.69) is 14.8 Å². The molecule has 4 nitrogen and oxygen atoms in total. The lowest BCUT2D eigenvalue weighted by molar-refractivity contribution is -0.137. The van der Waals surface area contributed by atoms with Crippen LogP contribution in [0.4, 0.5) is 18.9 Å². The van der Waals surface area contributed by atoms with Gasteiger partial charge in [-0.2, -0.15) is 13.2 Å². The fourth-order valence-electron chi connectivity index (χ4n) is 3.42. The van der Waals surface area contributed by atoms with Crippen LogP contribution in [0.5, 0.6) is 5.75 Å². The van der Waals surface area contributed by atoms with E-state index in [0.29, 0.717) is 16.8 Å². The first-order chi connectivity index (χ1) is 12.9. The third kappa shape index (κ3) is 3.72. The molecule has 0 amide bonds. The average molecular weight is 392 g/mol. The van der Waals surface area contributed by atoms with Gasteiger partial charge in [0.2, 0.25) is 0 Å². The van der Waals surface area contributed by atoms with E-state index in [-0.39, 0.29) is 5.75 Å². The quantitative estimate of drug-likeness (QED) is 0.644. The van der Waals surface area contributed by atoms with E-state index in [1.54, 1.807) is 17.6 Å². The van der Waals surface area contributed by atoms with Crippen molar-refractivity contribution in [1.82, 2.24) is 9.88 Å². The van der Waals surface area contributed by atoms with Gasteiger partial charge in [0.15, 0.2) is 5.75 Å². The average Bonchev–Trinajstić information content (AvgIpc) is 3.13. The van der Waals surface area contributed by atoms with E-state index < -0.39 is 11.7 Å². The SMILES string of the molecule is [O]c1ccc(N2CCN(Cc3cccc(C(F)(F)F)c3)CC2)c2ncsc12. The van der Waals surface area contributed by atoms with E-state index in [1.807, 2.05) is 6.07 Å². The number of halogens is 3. The number of anilines is 1. The van der Waals surface area contributed by atoms with Crippen LogP contribution in [0.25, 0.3) is 10.2 Å². The Hall–Kier alpha value is -2.32. The summed E-state index contributed by atoms with van der Waals surface area (Å²) in [6.45, 7) is 3.44. The molecule has 0 N–H and O–H groups in total. The van der Waals surface area contributed by atoms with Gasteiger partial charge in [-0.15, -0.1) is 11.3 Å². The monoisotopic (exact) mass is 392 g/mol. The standard InChI is InChI=1S/C19H17F3N3OS/c20-19(21,22)14-3-1-2-13(10-14)11-24-6-8-25(9-7-24)15-4-5-16(26)18-17(15)23-12-27-18/h1-5,10,12H,6-9,11H2. The summed E-state index contributed by atoms with van der Waals surface area (Å²) in [7, 11) is 0. The molecule has 27 heavy (non-hydrogen) atoms. The minimum Gasteiger partial charge on any atom is -0.367 e. The highest BCUT2D eigenvalue weighted by Crippen LogP contribution is 2.35. The second-order valence-electron chi connectivity index (χ2n) is 6.57. The zero-order chi connectivity index (χ0) is 19.0. The van der Waals surface area contributed by atoms with E-state index in [0.717, 1.165) is 43.4 Å². The first kappa shape index (κ1) is 18.1. The molecule has 1 fully saturated rings. The van der Waals surface area contributed by atoms with Crippen LogP contribution in [0, 0.1) is 0 Å². The number of fused-ring (bicyclic) bond motifs is 1. The van der Waals surface area contributed by atoms with E-state index in [4.69, 9.17) is 0 Å². The number of nitrogens with zero attached hydrogens (tertiary/aromatic N) is 3. The Morgan fingerprint density at radius 3 is 2.59 bits per heavy atom. The highest BCUT2D eigenvalue weighted by molar-refractivity contribution is 7.17. The zero-order valence-electron chi connectivity index (χ0n) is 14.4. The molecular formula is C19H17F3N3OS. The second-order valence-corrected chi connectivity index (χ2v) is 7.43. The van der Waals surface area contributed by atoms with Crippen molar-refractivity contribution in [1.29, 1.82) is 0 Å². The molecule has 1 aliphatic heterocycles. The molecule has 2 heterocycles.